The van der Waals surface area contributed by atoms with Crippen LogP contribution >= 0.6 is 0 Å². The minimum Gasteiger partial charge on any atom is -0.345 e. The summed E-state index contributed by atoms with van der Waals surface area (Å²) in [6.07, 6.45) is 1.08. The fraction of sp³-hybridized carbons (Fsp3) is 0.556. The molecule has 0 aliphatic carbocycles. The molecule has 1 aliphatic heterocycles. The molecule has 2 rings (SSSR count). The van der Waals surface area contributed by atoms with Crippen molar-refractivity contribution >= 4 is 11.7 Å². The van der Waals surface area contributed by atoms with Crippen LogP contribution in [0, 0.1) is 5.92 Å². The molecule has 1 N–H and O–H groups in total. The number of ketones is 1. The van der Waals surface area contributed by atoms with Crippen molar-refractivity contribution in [2.24, 2.45) is 5.92 Å². The molecule has 1 aliphatic rings. The Kier molecular flexibility index (Phi) is 5.72. The Hall–Kier alpha value is -1.68. The van der Waals surface area contributed by atoms with Crippen molar-refractivity contribution in [1.82, 2.24) is 10.2 Å². The van der Waals surface area contributed by atoms with Crippen LogP contribution in [0.25, 0.3) is 0 Å². The summed E-state index contributed by atoms with van der Waals surface area (Å²) < 4.78 is 0. The number of hydrogen-bond acceptors (Lipinski definition) is 3. The van der Waals surface area contributed by atoms with Crippen LogP contribution in [0.1, 0.15) is 38.7 Å². The fourth-order valence-electron chi connectivity index (χ4n) is 3.13. The zero-order valence-electron chi connectivity index (χ0n) is 13.7. The molecule has 0 aromatic heterocycles. The summed E-state index contributed by atoms with van der Waals surface area (Å²) in [5.41, 5.74) is 1.34. The highest BCUT2D eigenvalue weighted by Crippen LogP contribution is 2.26. The predicted molar refractivity (Wildman–Crippen MR) is 87.7 cm³/mol. The number of hydrogen-bond donors (Lipinski definition) is 1. The van der Waals surface area contributed by atoms with Crippen LogP contribution in [-0.2, 0) is 9.59 Å². The number of nitrogens with zero attached hydrogens (tertiary/aromatic N) is 1. The average molecular weight is 302 g/mol. The van der Waals surface area contributed by atoms with E-state index in [1.165, 1.54) is 12.5 Å². The van der Waals surface area contributed by atoms with Gasteiger partial charge in [-0.25, -0.2) is 0 Å². The van der Waals surface area contributed by atoms with Crippen molar-refractivity contribution in [1.29, 1.82) is 0 Å². The van der Waals surface area contributed by atoms with E-state index in [0.717, 1.165) is 19.5 Å². The summed E-state index contributed by atoms with van der Waals surface area (Å²) in [5.74, 6) is 0.592. The van der Waals surface area contributed by atoms with Crippen molar-refractivity contribution in [2.75, 3.05) is 19.6 Å². The van der Waals surface area contributed by atoms with Crippen molar-refractivity contribution in [3.8, 4) is 0 Å². The van der Waals surface area contributed by atoms with Crippen LogP contribution < -0.4 is 5.32 Å². The molecule has 1 aromatic rings. The van der Waals surface area contributed by atoms with Crippen LogP contribution in [-0.4, -0.2) is 42.3 Å². The van der Waals surface area contributed by atoms with Crippen molar-refractivity contribution in [2.45, 2.75) is 39.2 Å². The van der Waals surface area contributed by atoms with Gasteiger partial charge in [-0.15, -0.1) is 0 Å². The smallest absolute Gasteiger partial charge is 0.234 e. The third kappa shape index (κ3) is 4.41. The highest BCUT2D eigenvalue weighted by molar-refractivity contribution is 5.88. The average Bonchev–Trinajstić information content (AvgIpc) is 2.93. The van der Waals surface area contributed by atoms with Gasteiger partial charge in [0.15, 0.2) is 5.78 Å². The van der Waals surface area contributed by atoms with Gasteiger partial charge in [0.1, 0.15) is 0 Å². The maximum absolute atomic E-state index is 12.2. The number of benzene rings is 1. The highest BCUT2D eigenvalue weighted by atomic mass is 16.2. The lowest BCUT2D eigenvalue weighted by Crippen LogP contribution is -2.47. The molecule has 4 nitrogen and oxygen atoms in total. The fourth-order valence-corrected chi connectivity index (χ4v) is 3.13. The van der Waals surface area contributed by atoms with Gasteiger partial charge in [-0.3, -0.25) is 14.5 Å². The Morgan fingerprint density at radius 2 is 1.95 bits per heavy atom. The maximum atomic E-state index is 12.2. The SMILES string of the molecule is CC(=O)[C@H](NC(=O)CN1CC[C@@H](c2ccccc2)C1)C(C)C. The predicted octanol–water partition coefficient (Wildman–Crippen LogP) is 2.21. The van der Waals surface area contributed by atoms with Gasteiger partial charge in [-0.1, -0.05) is 44.2 Å². The van der Waals surface area contributed by atoms with E-state index in [2.05, 4.69) is 34.5 Å². The number of rotatable bonds is 6. The summed E-state index contributed by atoms with van der Waals surface area (Å²) in [6.45, 7) is 7.65. The normalized spacial score (nSPS) is 20.1. The van der Waals surface area contributed by atoms with E-state index in [1.54, 1.807) is 0 Å². The van der Waals surface area contributed by atoms with E-state index in [0.29, 0.717) is 12.5 Å². The van der Waals surface area contributed by atoms with Gasteiger partial charge in [0.2, 0.25) is 5.91 Å². The van der Waals surface area contributed by atoms with Gasteiger partial charge >= 0.3 is 0 Å². The second kappa shape index (κ2) is 7.54. The molecule has 0 unspecified atom stereocenters. The molecule has 0 radical (unpaired) electrons. The van der Waals surface area contributed by atoms with Gasteiger partial charge in [0.25, 0.3) is 0 Å². The molecular weight excluding hydrogens is 276 g/mol. The first kappa shape index (κ1) is 16.7. The van der Waals surface area contributed by atoms with Gasteiger partial charge in [-0.2, -0.15) is 0 Å². The van der Waals surface area contributed by atoms with Gasteiger partial charge in [0, 0.05) is 6.54 Å². The van der Waals surface area contributed by atoms with E-state index in [-0.39, 0.29) is 23.7 Å². The molecular formula is C18H26N2O2. The number of carbonyl (C=O) groups is 2. The van der Waals surface area contributed by atoms with Crippen LogP contribution in [0.2, 0.25) is 0 Å². The first-order valence-corrected chi connectivity index (χ1v) is 8.04. The zero-order chi connectivity index (χ0) is 16.1. The number of nitrogens with one attached hydrogen (secondary N) is 1. The topological polar surface area (TPSA) is 49.4 Å². The lowest BCUT2D eigenvalue weighted by atomic mass is 9.99. The summed E-state index contributed by atoms with van der Waals surface area (Å²) in [6, 6.07) is 10.1. The van der Waals surface area contributed by atoms with E-state index < -0.39 is 0 Å². The van der Waals surface area contributed by atoms with E-state index in [9.17, 15) is 9.59 Å². The molecule has 0 bridgehead atoms. The third-order valence-corrected chi connectivity index (χ3v) is 4.33. The maximum Gasteiger partial charge on any atom is 0.234 e. The minimum absolute atomic E-state index is 0.0203. The summed E-state index contributed by atoms with van der Waals surface area (Å²) in [4.78, 5) is 25.9. The second-order valence-corrected chi connectivity index (χ2v) is 6.53. The Labute approximate surface area is 132 Å². The van der Waals surface area contributed by atoms with Gasteiger partial charge < -0.3 is 5.32 Å². The Bertz CT molecular complexity index is 513. The molecule has 2 atom stereocenters. The molecule has 1 saturated heterocycles. The summed E-state index contributed by atoms with van der Waals surface area (Å²) in [5, 5.41) is 2.87. The van der Waals surface area contributed by atoms with Crippen LogP contribution in [0.3, 0.4) is 0 Å². The number of amides is 1. The number of likely N-dealkylation sites (tertiary alicyclic amines) is 1. The van der Waals surface area contributed by atoms with Gasteiger partial charge in [-0.05, 0) is 37.3 Å². The molecule has 0 saturated carbocycles. The molecule has 1 fully saturated rings. The lowest BCUT2D eigenvalue weighted by Gasteiger charge is -2.22. The Balaban J connectivity index is 1.85. The second-order valence-electron chi connectivity index (χ2n) is 6.53. The van der Waals surface area contributed by atoms with Gasteiger partial charge in [0.05, 0.1) is 12.6 Å². The van der Waals surface area contributed by atoms with Crippen LogP contribution in [0.5, 0.6) is 0 Å². The Morgan fingerprint density at radius 1 is 1.27 bits per heavy atom. The standard InChI is InChI=1S/C18H26N2O2/c1-13(2)18(14(3)21)19-17(22)12-20-10-9-16(11-20)15-7-5-4-6-8-15/h4-8,13,16,18H,9-12H2,1-3H3,(H,19,22)/t16-,18-/m1/s1. The third-order valence-electron chi connectivity index (χ3n) is 4.33. The molecule has 1 heterocycles. The van der Waals surface area contributed by atoms with E-state index in [1.807, 2.05) is 19.9 Å². The zero-order valence-corrected chi connectivity index (χ0v) is 13.7. The molecule has 22 heavy (non-hydrogen) atoms. The largest absolute Gasteiger partial charge is 0.345 e. The number of carbonyl (C=O) groups excluding carboxylic acids is 2. The van der Waals surface area contributed by atoms with Crippen molar-refractivity contribution in [3.05, 3.63) is 35.9 Å². The number of Topliss-reactive ketones (excluding diaryl/α,β-unsaturated/α-hetero) is 1. The minimum atomic E-state index is -0.375. The molecule has 1 amide bonds. The summed E-state index contributed by atoms with van der Waals surface area (Å²) in [7, 11) is 0. The van der Waals surface area contributed by atoms with Crippen LogP contribution in [0.15, 0.2) is 30.3 Å². The first-order chi connectivity index (χ1) is 10.5. The molecule has 1 aromatic carbocycles. The van der Waals surface area contributed by atoms with Crippen LogP contribution in [0.4, 0.5) is 0 Å². The van der Waals surface area contributed by atoms with Crippen molar-refractivity contribution < 1.29 is 9.59 Å². The highest BCUT2D eigenvalue weighted by Gasteiger charge is 2.27. The van der Waals surface area contributed by atoms with Crippen molar-refractivity contribution in [3.63, 3.8) is 0 Å². The molecule has 120 valence electrons. The van der Waals surface area contributed by atoms with E-state index in [4.69, 9.17) is 0 Å². The Morgan fingerprint density at radius 3 is 2.55 bits per heavy atom. The first-order valence-electron chi connectivity index (χ1n) is 8.04. The summed E-state index contributed by atoms with van der Waals surface area (Å²) >= 11 is 0. The van der Waals surface area contributed by atoms with E-state index >= 15 is 0 Å². The molecule has 4 heteroatoms. The molecule has 0 spiro atoms. The quantitative estimate of drug-likeness (QED) is 0.876. The monoisotopic (exact) mass is 302 g/mol. The lowest BCUT2D eigenvalue weighted by molar-refractivity contribution is -0.128.